The first kappa shape index (κ1) is 23.6. The number of nitrogens with zero attached hydrogens (tertiary/aromatic N) is 1. The van der Waals surface area contributed by atoms with Crippen LogP contribution in [-0.2, 0) is 30.4 Å². The van der Waals surface area contributed by atoms with Gasteiger partial charge < -0.3 is 36.3 Å². The summed E-state index contributed by atoms with van der Waals surface area (Å²) in [5.41, 5.74) is 0.351. The number of carboxylic acids is 2. The van der Waals surface area contributed by atoms with Crippen molar-refractivity contribution in [3.05, 3.63) is 18.2 Å². The number of aromatic amines is 1. The number of rotatable bonds is 11. The van der Waals surface area contributed by atoms with Gasteiger partial charge in [-0.2, -0.15) is 0 Å². The van der Waals surface area contributed by atoms with Crippen LogP contribution in [0.25, 0.3) is 0 Å². The van der Waals surface area contributed by atoms with Crippen molar-refractivity contribution in [2.75, 3.05) is 0 Å². The van der Waals surface area contributed by atoms with E-state index in [0.717, 1.165) is 6.92 Å². The van der Waals surface area contributed by atoms with Gasteiger partial charge in [-0.3, -0.25) is 19.2 Å². The van der Waals surface area contributed by atoms with Gasteiger partial charge in [-0.25, -0.2) is 9.78 Å². The topological polar surface area (TPSA) is 211 Å². The largest absolute Gasteiger partial charge is 0.481 e. The second kappa shape index (κ2) is 10.8. The van der Waals surface area contributed by atoms with Crippen LogP contribution in [0.4, 0.5) is 0 Å². The summed E-state index contributed by atoms with van der Waals surface area (Å²) in [5.74, 6) is -5.39. The molecule has 0 saturated heterocycles. The van der Waals surface area contributed by atoms with E-state index in [1.54, 1.807) is 0 Å². The number of imidazole rings is 1. The van der Waals surface area contributed by atoms with Crippen molar-refractivity contribution in [3.63, 3.8) is 0 Å². The van der Waals surface area contributed by atoms with Gasteiger partial charge in [0, 0.05) is 19.5 Å². The van der Waals surface area contributed by atoms with Crippen LogP contribution in [0, 0.1) is 0 Å². The second-order valence-corrected chi connectivity index (χ2v) is 6.24. The minimum atomic E-state index is -1.63. The highest BCUT2D eigenvalue weighted by molar-refractivity contribution is 5.94. The van der Waals surface area contributed by atoms with Crippen LogP contribution < -0.4 is 16.0 Å². The summed E-state index contributed by atoms with van der Waals surface area (Å²) in [7, 11) is 0. The molecule has 13 heteroatoms. The molecule has 0 aliphatic carbocycles. The van der Waals surface area contributed by atoms with E-state index >= 15 is 0 Å². The minimum absolute atomic E-state index is 0.160. The standard InChI is InChI=1S/C16H23N5O8/c1-7(22)13(16(28)29)21-15(27)10(3-9-5-17-6-18-9)20-14(26)11(4-12(24)25)19-8(2)23/h5-7,10-11,13,22H,3-4H2,1-2H3,(H,17,18)(H,19,23)(H,20,26)(H,21,27)(H,24,25)(H,28,29)/t7-,10+,11+,13+/m1/s1. The molecule has 3 amide bonds. The highest BCUT2D eigenvalue weighted by Gasteiger charge is 2.32. The summed E-state index contributed by atoms with van der Waals surface area (Å²) in [6.45, 7) is 2.26. The van der Waals surface area contributed by atoms with Crippen molar-refractivity contribution < 1.29 is 39.3 Å². The van der Waals surface area contributed by atoms with Crippen LogP contribution in [-0.4, -0.2) is 79.2 Å². The smallest absolute Gasteiger partial charge is 0.328 e. The molecule has 0 spiro atoms. The van der Waals surface area contributed by atoms with Crippen LogP contribution in [0.15, 0.2) is 12.5 Å². The van der Waals surface area contributed by atoms with E-state index in [0.29, 0.717) is 5.69 Å². The van der Waals surface area contributed by atoms with E-state index < -0.39 is 60.3 Å². The Bertz CT molecular complexity index is 733. The zero-order valence-corrected chi connectivity index (χ0v) is 15.7. The average Bonchev–Trinajstić information content (AvgIpc) is 3.09. The molecule has 0 fully saturated rings. The molecular weight excluding hydrogens is 390 g/mol. The molecule has 0 aromatic carbocycles. The third-order valence-corrected chi connectivity index (χ3v) is 3.72. The maximum Gasteiger partial charge on any atom is 0.328 e. The number of aliphatic hydroxyl groups excluding tert-OH is 1. The van der Waals surface area contributed by atoms with E-state index in [1.807, 2.05) is 0 Å². The Morgan fingerprint density at radius 3 is 2.14 bits per heavy atom. The number of aromatic nitrogens is 2. The number of carbonyl (C=O) groups is 5. The molecule has 160 valence electrons. The van der Waals surface area contributed by atoms with Crippen molar-refractivity contribution in [2.24, 2.45) is 0 Å². The van der Waals surface area contributed by atoms with Gasteiger partial charge in [0.1, 0.15) is 12.1 Å². The van der Waals surface area contributed by atoms with Gasteiger partial charge in [-0.15, -0.1) is 0 Å². The predicted octanol–water partition coefficient (Wildman–Crippen LogP) is -2.63. The molecule has 1 aromatic rings. The fraction of sp³-hybridized carbons (Fsp3) is 0.500. The number of hydrogen-bond acceptors (Lipinski definition) is 7. The number of hydrogen-bond donors (Lipinski definition) is 7. The summed E-state index contributed by atoms with van der Waals surface area (Å²) >= 11 is 0. The number of aliphatic hydroxyl groups is 1. The number of nitrogens with one attached hydrogen (secondary N) is 4. The van der Waals surface area contributed by atoms with Crippen molar-refractivity contribution in [1.82, 2.24) is 25.9 Å². The van der Waals surface area contributed by atoms with E-state index in [9.17, 15) is 29.1 Å². The molecule has 1 rings (SSSR count). The first-order valence-electron chi connectivity index (χ1n) is 8.49. The van der Waals surface area contributed by atoms with Gasteiger partial charge in [0.2, 0.25) is 17.7 Å². The lowest BCUT2D eigenvalue weighted by Crippen LogP contribution is -2.58. The van der Waals surface area contributed by atoms with Gasteiger partial charge in [0.25, 0.3) is 0 Å². The third-order valence-electron chi connectivity index (χ3n) is 3.72. The summed E-state index contributed by atoms with van der Waals surface area (Å²) < 4.78 is 0. The van der Waals surface area contributed by atoms with Gasteiger partial charge >= 0.3 is 11.9 Å². The molecule has 0 unspecified atom stereocenters. The van der Waals surface area contributed by atoms with E-state index in [2.05, 4.69) is 25.9 Å². The summed E-state index contributed by atoms with van der Waals surface area (Å²) in [4.78, 5) is 65.0. The lowest BCUT2D eigenvalue weighted by molar-refractivity contribution is -0.145. The number of carbonyl (C=O) groups excluding carboxylic acids is 3. The number of carboxylic acid groups (broad SMARTS) is 2. The highest BCUT2D eigenvalue weighted by atomic mass is 16.4. The van der Waals surface area contributed by atoms with Gasteiger partial charge in [0.05, 0.1) is 24.5 Å². The normalized spacial score (nSPS) is 14.7. The van der Waals surface area contributed by atoms with Crippen molar-refractivity contribution in [1.29, 1.82) is 0 Å². The zero-order chi connectivity index (χ0) is 22.1. The van der Waals surface area contributed by atoms with Crippen LogP contribution in [0.2, 0.25) is 0 Å². The Balaban J connectivity index is 3.02. The van der Waals surface area contributed by atoms with Crippen LogP contribution in [0.3, 0.4) is 0 Å². The Morgan fingerprint density at radius 2 is 1.69 bits per heavy atom. The molecular formula is C16H23N5O8. The minimum Gasteiger partial charge on any atom is -0.481 e. The lowest BCUT2D eigenvalue weighted by atomic mass is 10.1. The molecule has 29 heavy (non-hydrogen) atoms. The Hall–Kier alpha value is -3.48. The van der Waals surface area contributed by atoms with Crippen LogP contribution in [0.1, 0.15) is 26.0 Å². The van der Waals surface area contributed by atoms with Crippen LogP contribution in [0.5, 0.6) is 0 Å². The Kier molecular flexibility index (Phi) is 8.73. The number of H-pyrrole nitrogens is 1. The first-order chi connectivity index (χ1) is 13.5. The van der Waals surface area contributed by atoms with Crippen molar-refractivity contribution >= 4 is 29.7 Å². The van der Waals surface area contributed by atoms with Gasteiger partial charge in [-0.05, 0) is 6.92 Å². The third kappa shape index (κ3) is 7.96. The molecule has 1 aromatic heterocycles. The zero-order valence-electron chi connectivity index (χ0n) is 15.7. The van der Waals surface area contributed by atoms with Crippen LogP contribution >= 0.6 is 0 Å². The summed E-state index contributed by atoms with van der Waals surface area (Å²) in [6, 6.07) is -4.44. The molecule has 13 nitrogen and oxygen atoms in total. The van der Waals surface area contributed by atoms with E-state index in [-0.39, 0.29) is 6.42 Å². The van der Waals surface area contributed by atoms with Gasteiger partial charge in [0.15, 0.2) is 6.04 Å². The van der Waals surface area contributed by atoms with E-state index in [1.165, 1.54) is 19.4 Å². The monoisotopic (exact) mass is 413 g/mol. The molecule has 0 aliphatic heterocycles. The molecule has 4 atom stereocenters. The second-order valence-electron chi connectivity index (χ2n) is 6.24. The highest BCUT2D eigenvalue weighted by Crippen LogP contribution is 2.03. The summed E-state index contributed by atoms with van der Waals surface area (Å²) in [5, 5.41) is 34.1. The Labute approximate surface area is 164 Å². The summed E-state index contributed by atoms with van der Waals surface area (Å²) in [6.07, 6.45) is 0.461. The van der Waals surface area contributed by atoms with Crippen molar-refractivity contribution in [3.8, 4) is 0 Å². The fourth-order valence-electron chi connectivity index (χ4n) is 2.37. The predicted molar refractivity (Wildman–Crippen MR) is 95.3 cm³/mol. The number of amides is 3. The van der Waals surface area contributed by atoms with Crippen molar-refractivity contribution in [2.45, 2.75) is 50.9 Å². The lowest BCUT2D eigenvalue weighted by Gasteiger charge is -2.24. The maximum atomic E-state index is 12.5. The molecule has 7 N–H and O–H groups in total. The molecule has 0 radical (unpaired) electrons. The first-order valence-corrected chi connectivity index (χ1v) is 8.49. The molecule has 0 bridgehead atoms. The van der Waals surface area contributed by atoms with E-state index in [4.69, 9.17) is 10.2 Å². The SMILES string of the molecule is CC(=O)N[C@@H](CC(=O)O)C(=O)N[C@@H](Cc1c[nH]cn1)C(=O)N[C@H](C(=O)O)[C@@H](C)O. The average molecular weight is 413 g/mol. The molecule has 0 saturated carbocycles. The molecule has 1 heterocycles. The molecule has 0 aliphatic rings. The Morgan fingerprint density at radius 1 is 1.07 bits per heavy atom. The van der Waals surface area contributed by atoms with Gasteiger partial charge in [-0.1, -0.05) is 0 Å². The maximum absolute atomic E-state index is 12.5. The number of aliphatic carboxylic acids is 2. The fourth-order valence-corrected chi connectivity index (χ4v) is 2.37. The quantitative estimate of drug-likeness (QED) is 0.202.